The van der Waals surface area contributed by atoms with Crippen LogP contribution in [0.5, 0.6) is 5.75 Å². The number of aryl methyl sites for hydroxylation is 2. The van der Waals surface area contributed by atoms with Gasteiger partial charge in [0, 0.05) is 16.2 Å². The standard InChI is InChI=1S/C17H19FO2S/c1-11-8-12(2)17(15(9-11)20-3)14(19)10-21-16-7-5-4-6-13(16)18/h4-9,14,19H,10H2,1-3H3. The van der Waals surface area contributed by atoms with Gasteiger partial charge in [-0.25, -0.2) is 4.39 Å². The van der Waals surface area contributed by atoms with E-state index in [1.165, 1.54) is 17.8 Å². The molecular formula is C17H19FO2S. The minimum atomic E-state index is -0.704. The fourth-order valence-corrected chi connectivity index (χ4v) is 3.23. The minimum absolute atomic E-state index is 0.262. The van der Waals surface area contributed by atoms with Crippen LogP contribution >= 0.6 is 11.8 Å². The van der Waals surface area contributed by atoms with Gasteiger partial charge in [0.1, 0.15) is 11.6 Å². The molecule has 0 aromatic heterocycles. The summed E-state index contributed by atoms with van der Waals surface area (Å²) >= 11 is 1.30. The molecule has 2 rings (SSSR count). The lowest BCUT2D eigenvalue weighted by Gasteiger charge is -2.18. The van der Waals surface area contributed by atoms with Crippen molar-refractivity contribution in [3.8, 4) is 5.75 Å². The Hall–Kier alpha value is -1.52. The second kappa shape index (κ2) is 6.96. The molecule has 0 aliphatic rings. The van der Waals surface area contributed by atoms with Crippen LogP contribution in [0.2, 0.25) is 0 Å². The number of hydrogen-bond donors (Lipinski definition) is 1. The third-order valence-corrected chi connectivity index (χ3v) is 4.40. The number of methoxy groups -OCH3 is 1. The summed E-state index contributed by atoms with van der Waals surface area (Å²) in [5.41, 5.74) is 2.84. The summed E-state index contributed by atoms with van der Waals surface area (Å²) in [6.07, 6.45) is -0.704. The Bertz CT molecular complexity index is 628. The molecule has 2 nitrogen and oxygen atoms in total. The monoisotopic (exact) mass is 306 g/mol. The van der Waals surface area contributed by atoms with Crippen molar-refractivity contribution in [2.45, 2.75) is 24.8 Å². The molecule has 4 heteroatoms. The summed E-state index contributed by atoms with van der Waals surface area (Å²) in [7, 11) is 1.59. The van der Waals surface area contributed by atoms with Crippen molar-refractivity contribution in [2.24, 2.45) is 0 Å². The van der Waals surface area contributed by atoms with Crippen LogP contribution in [0, 0.1) is 19.7 Å². The van der Waals surface area contributed by atoms with Crippen molar-refractivity contribution in [3.63, 3.8) is 0 Å². The number of halogens is 1. The summed E-state index contributed by atoms with van der Waals surface area (Å²) in [5.74, 6) is 0.790. The molecule has 0 amide bonds. The molecule has 21 heavy (non-hydrogen) atoms. The van der Waals surface area contributed by atoms with Gasteiger partial charge in [-0.05, 0) is 43.2 Å². The molecule has 0 radical (unpaired) electrons. The first-order valence-corrected chi connectivity index (χ1v) is 7.72. The van der Waals surface area contributed by atoms with Crippen molar-refractivity contribution in [1.29, 1.82) is 0 Å². The van der Waals surface area contributed by atoms with Crippen LogP contribution in [0.15, 0.2) is 41.3 Å². The Morgan fingerprint density at radius 3 is 2.62 bits per heavy atom. The fourth-order valence-electron chi connectivity index (χ4n) is 2.35. The van der Waals surface area contributed by atoms with E-state index in [1.807, 2.05) is 26.0 Å². The maximum atomic E-state index is 13.6. The molecular weight excluding hydrogens is 287 g/mol. The van der Waals surface area contributed by atoms with Gasteiger partial charge in [0.25, 0.3) is 0 Å². The van der Waals surface area contributed by atoms with Gasteiger partial charge in [-0.2, -0.15) is 0 Å². The molecule has 0 spiro atoms. The first-order chi connectivity index (χ1) is 10.0. The molecule has 0 aliphatic heterocycles. The van der Waals surface area contributed by atoms with Gasteiger partial charge in [0.2, 0.25) is 0 Å². The van der Waals surface area contributed by atoms with Gasteiger partial charge in [-0.15, -0.1) is 11.8 Å². The Labute approximate surface area is 129 Å². The first-order valence-electron chi connectivity index (χ1n) is 6.73. The van der Waals surface area contributed by atoms with Gasteiger partial charge in [-0.3, -0.25) is 0 Å². The van der Waals surface area contributed by atoms with Crippen LogP contribution in [0.1, 0.15) is 22.8 Å². The number of thioether (sulfide) groups is 1. The largest absolute Gasteiger partial charge is 0.496 e. The predicted molar refractivity (Wildman–Crippen MR) is 84.6 cm³/mol. The Morgan fingerprint density at radius 1 is 1.24 bits per heavy atom. The smallest absolute Gasteiger partial charge is 0.136 e. The van der Waals surface area contributed by atoms with Crippen molar-refractivity contribution < 1.29 is 14.2 Å². The summed E-state index contributed by atoms with van der Waals surface area (Å²) in [5, 5.41) is 10.4. The van der Waals surface area contributed by atoms with E-state index in [2.05, 4.69) is 0 Å². The van der Waals surface area contributed by atoms with E-state index in [-0.39, 0.29) is 5.82 Å². The number of ether oxygens (including phenoxy) is 1. The lowest BCUT2D eigenvalue weighted by Crippen LogP contribution is -2.06. The molecule has 0 aliphatic carbocycles. The molecule has 1 unspecified atom stereocenters. The van der Waals surface area contributed by atoms with E-state index in [1.54, 1.807) is 25.3 Å². The molecule has 0 saturated heterocycles. The SMILES string of the molecule is COc1cc(C)cc(C)c1C(O)CSc1ccccc1F. The van der Waals surface area contributed by atoms with Gasteiger partial charge in [-0.1, -0.05) is 18.2 Å². The maximum Gasteiger partial charge on any atom is 0.136 e. The van der Waals surface area contributed by atoms with Crippen LogP contribution in [0.3, 0.4) is 0 Å². The first kappa shape index (κ1) is 15.9. The summed E-state index contributed by atoms with van der Waals surface area (Å²) in [4.78, 5) is 0.542. The topological polar surface area (TPSA) is 29.5 Å². The van der Waals surface area contributed by atoms with Crippen LogP contribution in [0.25, 0.3) is 0 Å². The Balaban J connectivity index is 2.17. The highest BCUT2D eigenvalue weighted by Crippen LogP contribution is 2.34. The van der Waals surface area contributed by atoms with Crippen molar-refractivity contribution in [3.05, 3.63) is 58.9 Å². The molecule has 0 bridgehead atoms. The highest BCUT2D eigenvalue weighted by atomic mass is 32.2. The summed E-state index contributed by atoms with van der Waals surface area (Å²) in [6, 6.07) is 10.5. The second-order valence-electron chi connectivity index (χ2n) is 4.95. The number of aliphatic hydroxyl groups excluding tert-OH is 1. The van der Waals surface area contributed by atoms with Crippen molar-refractivity contribution in [1.82, 2.24) is 0 Å². The molecule has 0 fully saturated rings. The number of hydrogen-bond acceptors (Lipinski definition) is 3. The van der Waals surface area contributed by atoms with Crippen molar-refractivity contribution in [2.75, 3.05) is 12.9 Å². The minimum Gasteiger partial charge on any atom is -0.496 e. The van der Waals surface area contributed by atoms with E-state index in [0.29, 0.717) is 16.4 Å². The van der Waals surface area contributed by atoms with E-state index < -0.39 is 6.10 Å². The lowest BCUT2D eigenvalue weighted by molar-refractivity contribution is 0.198. The highest BCUT2D eigenvalue weighted by molar-refractivity contribution is 7.99. The highest BCUT2D eigenvalue weighted by Gasteiger charge is 2.17. The van der Waals surface area contributed by atoms with E-state index in [0.717, 1.165) is 16.7 Å². The van der Waals surface area contributed by atoms with Gasteiger partial charge in [0.15, 0.2) is 0 Å². The van der Waals surface area contributed by atoms with Gasteiger partial charge < -0.3 is 9.84 Å². The molecule has 1 N–H and O–H groups in total. The maximum absolute atomic E-state index is 13.6. The molecule has 2 aromatic rings. The molecule has 0 heterocycles. The van der Waals surface area contributed by atoms with Gasteiger partial charge >= 0.3 is 0 Å². The number of rotatable bonds is 5. The number of benzene rings is 2. The molecule has 112 valence electrons. The van der Waals surface area contributed by atoms with Gasteiger partial charge in [0.05, 0.1) is 13.2 Å². The fraction of sp³-hybridized carbons (Fsp3) is 0.294. The zero-order chi connectivity index (χ0) is 15.4. The Morgan fingerprint density at radius 2 is 1.95 bits per heavy atom. The van der Waals surface area contributed by atoms with Crippen molar-refractivity contribution >= 4 is 11.8 Å². The normalized spacial score (nSPS) is 12.2. The Kier molecular flexibility index (Phi) is 5.26. The average Bonchev–Trinajstić information content (AvgIpc) is 2.45. The molecule has 1 atom stereocenters. The van der Waals surface area contributed by atoms with E-state index in [9.17, 15) is 9.50 Å². The third-order valence-electron chi connectivity index (χ3n) is 3.28. The van der Waals surface area contributed by atoms with Crippen LogP contribution in [-0.2, 0) is 0 Å². The van der Waals surface area contributed by atoms with E-state index >= 15 is 0 Å². The number of aliphatic hydroxyl groups is 1. The lowest BCUT2D eigenvalue weighted by atomic mass is 10.0. The van der Waals surface area contributed by atoms with Crippen LogP contribution in [-0.4, -0.2) is 18.0 Å². The van der Waals surface area contributed by atoms with E-state index in [4.69, 9.17) is 4.74 Å². The zero-order valence-electron chi connectivity index (χ0n) is 12.4. The quantitative estimate of drug-likeness (QED) is 0.836. The molecule has 0 saturated carbocycles. The summed E-state index contributed by atoms with van der Waals surface area (Å²) < 4.78 is 19.0. The summed E-state index contributed by atoms with van der Waals surface area (Å²) in [6.45, 7) is 3.93. The van der Waals surface area contributed by atoms with Crippen LogP contribution < -0.4 is 4.74 Å². The van der Waals surface area contributed by atoms with Crippen LogP contribution in [0.4, 0.5) is 4.39 Å². The predicted octanol–water partition coefficient (Wildman–Crippen LogP) is 4.28. The average molecular weight is 306 g/mol. The second-order valence-corrected chi connectivity index (χ2v) is 6.02. The zero-order valence-corrected chi connectivity index (χ0v) is 13.2. The molecule has 2 aromatic carbocycles. The third kappa shape index (κ3) is 3.77.